The number of hydrogen-bond acceptors (Lipinski definition) is 6. The van der Waals surface area contributed by atoms with Crippen LogP contribution in [0.15, 0.2) is 58.3 Å². The van der Waals surface area contributed by atoms with Crippen molar-refractivity contribution < 1.29 is 14.1 Å². The summed E-state index contributed by atoms with van der Waals surface area (Å²) in [6, 6.07) is 9.30. The Kier molecular flexibility index (Phi) is 7.24. The lowest BCUT2D eigenvalue weighted by Gasteiger charge is -2.13. The quantitative estimate of drug-likeness (QED) is 0.322. The lowest BCUT2D eigenvalue weighted by Crippen LogP contribution is -2.16. The van der Waals surface area contributed by atoms with Gasteiger partial charge in [0.1, 0.15) is 11.6 Å². The lowest BCUT2D eigenvalue weighted by atomic mass is 9.93. The highest BCUT2D eigenvalue weighted by Gasteiger charge is 2.29. The number of anilines is 1. The van der Waals surface area contributed by atoms with Gasteiger partial charge in [0.2, 0.25) is 0 Å². The fraction of sp³-hybridized carbons (Fsp3) is 0.321. The first kappa shape index (κ1) is 25.8. The summed E-state index contributed by atoms with van der Waals surface area (Å²) in [6.45, 7) is 7.97. The Balaban J connectivity index is 1.58. The van der Waals surface area contributed by atoms with Crippen LogP contribution in [0.1, 0.15) is 61.0 Å². The van der Waals surface area contributed by atoms with Crippen LogP contribution in [-0.4, -0.2) is 34.8 Å². The zero-order chi connectivity index (χ0) is 26.7. The first-order chi connectivity index (χ1) is 17.5. The molecule has 0 atom stereocenters. The Hall–Kier alpha value is -4.27. The summed E-state index contributed by atoms with van der Waals surface area (Å²) in [5.74, 6) is 0.273. The molecule has 9 heteroatoms. The van der Waals surface area contributed by atoms with Gasteiger partial charge in [-0.15, -0.1) is 0 Å². The van der Waals surface area contributed by atoms with Crippen molar-refractivity contribution in [3.63, 3.8) is 0 Å². The molecule has 1 aromatic carbocycles. The van der Waals surface area contributed by atoms with Crippen LogP contribution in [0.25, 0.3) is 16.8 Å². The number of amides is 2. The molecule has 4 rings (SSSR count). The maximum absolute atomic E-state index is 12.8. The van der Waals surface area contributed by atoms with E-state index in [1.54, 1.807) is 31.6 Å². The van der Waals surface area contributed by atoms with Crippen molar-refractivity contribution in [2.75, 3.05) is 12.4 Å². The fourth-order valence-corrected chi connectivity index (χ4v) is 3.70. The molecule has 1 aliphatic rings. The number of nitrogens with two attached hydrogens (primary N) is 1. The molecule has 0 saturated heterocycles. The minimum Gasteiger partial charge on any atom is -0.387 e. The average Bonchev–Trinajstić information content (AvgIpc) is 3.58. The summed E-state index contributed by atoms with van der Waals surface area (Å²) in [4.78, 5) is 33.2. The van der Waals surface area contributed by atoms with Gasteiger partial charge in [-0.1, -0.05) is 32.0 Å². The highest BCUT2D eigenvalue weighted by atomic mass is 16.5. The van der Waals surface area contributed by atoms with E-state index in [1.807, 2.05) is 52.0 Å². The van der Waals surface area contributed by atoms with Gasteiger partial charge in [0.25, 0.3) is 11.8 Å². The molecule has 0 unspecified atom stereocenters. The second kappa shape index (κ2) is 10.4. The molecule has 0 aliphatic heterocycles. The van der Waals surface area contributed by atoms with E-state index in [-0.39, 0.29) is 34.7 Å². The number of aromatic nitrogens is 2. The minimum absolute atomic E-state index is 0.00977. The van der Waals surface area contributed by atoms with E-state index in [0.717, 1.165) is 35.1 Å². The van der Waals surface area contributed by atoms with Gasteiger partial charge < -0.3 is 20.9 Å². The second-order valence-electron chi connectivity index (χ2n) is 10.2. The van der Waals surface area contributed by atoms with E-state index in [1.165, 1.54) is 0 Å². The van der Waals surface area contributed by atoms with Crippen LogP contribution >= 0.6 is 0 Å². The van der Waals surface area contributed by atoms with Crippen molar-refractivity contribution in [3.05, 3.63) is 71.4 Å². The van der Waals surface area contributed by atoms with Gasteiger partial charge in [-0.05, 0) is 49.1 Å². The van der Waals surface area contributed by atoms with Crippen LogP contribution < -0.4 is 16.4 Å². The van der Waals surface area contributed by atoms with Crippen molar-refractivity contribution in [2.24, 2.45) is 16.6 Å². The predicted molar refractivity (Wildman–Crippen MR) is 144 cm³/mol. The molecular formula is C28H32N6O3. The molecule has 2 amide bonds. The van der Waals surface area contributed by atoms with Gasteiger partial charge in [-0.3, -0.25) is 14.6 Å². The number of aryl methyl sites for hydroxylation is 1. The first-order valence-corrected chi connectivity index (χ1v) is 12.2. The Labute approximate surface area is 216 Å². The Morgan fingerprint density at radius 3 is 2.57 bits per heavy atom. The van der Waals surface area contributed by atoms with Gasteiger partial charge >= 0.3 is 0 Å². The highest BCUT2D eigenvalue weighted by molar-refractivity contribution is 6.05. The molecule has 1 aliphatic carbocycles. The predicted octanol–water partition coefficient (Wildman–Crippen LogP) is 4.45. The summed E-state index contributed by atoms with van der Waals surface area (Å²) in [7, 11) is 1.77. The third-order valence-electron chi connectivity index (χ3n) is 6.07. The van der Waals surface area contributed by atoms with Gasteiger partial charge in [0.05, 0.1) is 0 Å². The average molecular weight is 501 g/mol. The van der Waals surface area contributed by atoms with Gasteiger partial charge in [0, 0.05) is 65.4 Å². The van der Waals surface area contributed by atoms with Crippen molar-refractivity contribution in [3.8, 4) is 11.1 Å². The van der Waals surface area contributed by atoms with Crippen LogP contribution in [0, 0.1) is 12.8 Å². The van der Waals surface area contributed by atoms with Crippen LogP contribution in [0.2, 0.25) is 0 Å². The normalized spacial score (nSPS) is 14.4. The van der Waals surface area contributed by atoms with Crippen molar-refractivity contribution >= 4 is 29.0 Å². The van der Waals surface area contributed by atoms with Crippen molar-refractivity contribution in [2.45, 2.75) is 46.0 Å². The summed E-state index contributed by atoms with van der Waals surface area (Å²) < 4.78 is 5.34. The van der Waals surface area contributed by atoms with Gasteiger partial charge in [-0.2, -0.15) is 4.99 Å². The Morgan fingerprint density at radius 1 is 1.16 bits per heavy atom. The summed E-state index contributed by atoms with van der Waals surface area (Å²) >= 11 is 0. The van der Waals surface area contributed by atoms with E-state index in [9.17, 15) is 9.59 Å². The molecule has 1 fully saturated rings. The molecule has 4 N–H and O–H groups in total. The van der Waals surface area contributed by atoms with Crippen LogP contribution in [0.5, 0.6) is 0 Å². The number of amidine groups is 1. The molecule has 2 heterocycles. The summed E-state index contributed by atoms with van der Waals surface area (Å²) in [5.41, 5.74) is 10.8. The second-order valence-corrected chi connectivity index (χ2v) is 10.2. The molecule has 1 saturated carbocycles. The molecule has 0 spiro atoms. The first-order valence-electron chi connectivity index (χ1n) is 12.2. The third-order valence-corrected chi connectivity index (χ3v) is 6.07. The number of carbonyl (C=O) groups excluding carboxylic acids is 2. The van der Waals surface area contributed by atoms with Gasteiger partial charge in [-0.25, -0.2) is 0 Å². The topological polar surface area (TPSA) is 136 Å². The molecule has 0 bridgehead atoms. The van der Waals surface area contributed by atoms with E-state index in [0.29, 0.717) is 17.1 Å². The number of benzene rings is 1. The maximum Gasteiger partial charge on any atom is 0.277 e. The maximum atomic E-state index is 12.8. The standard InChI is InChI=1S/C28H32N6O3/c1-16-6-9-20(32-27(36)23-12-24(37-34-23)28(2,3)4)11-21(16)18-10-19(15-31-14-18)22(30-5)13-25(29)33-26(35)17-7-8-17/h6,9-15,17,30H,7-8H2,1-5H3,(H,32,36)(H2,29,33,35)/b22-13-. The largest absolute Gasteiger partial charge is 0.387 e. The summed E-state index contributed by atoms with van der Waals surface area (Å²) in [6.07, 6.45) is 6.85. The number of hydrogen-bond donors (Lipinski definition) is 3. The van der Waals surface area contributed by atoms with E-state index in [4.69, 9.17) is 10.3 Å². The summed E-state index contributed by atoms with van der Waals surface area (Å²) in [5, 5.41) is 9.92. The highest BCUT2D eigenvalue weighted by Crippen LogP contribution is 2.31. The number of nitrogens with one attached hydrogen (secondary N) is 2. The molecule has 3 aromatic rings. The number of aliphatic imine (C=N–C) groups is 1. The lowest BCUT2D eigenvalue weighted by molar-refractivity contribution is -0.118. The minimum atomic E-state index is -0.350. The molecular weight excluding hydrogens is 468 g/mol. The van der Waals surface area contributed by atoms with Crippen LogP contribution in [0.3, 0.4) is 0 Å². The van der Waals surface area contributed by atoms with Gasteiger partial charge in [0.15, 0.2) is 5.69 Å². The number of nitrogens with zero attached hydrogens (tertiary/aromatic N) is 3. The smallest absolute Gasteiger partial charge is 0.277 e. The third kappa shape index (κ3) is 6.30. The molecule has 192 valence electrons. The monoisotopic (exact) mass is 500 g/mol. The van der Waals surface area contributed by atoms with E-state index < -0.39 is 0 Å². The van der Waals surface area contributed by atoms with Crippen molar-refractivity contribution in [1.29, 1.82) is 0 Å². The molecule has 37 heavy (non-hydrogen) atoms. The van der Waals surface area contributed by atoms with E-state index >= 15 is 0 Å². The Bertz CT molecular complexity index is 1390. The molecule has 0 radical (unpaired) electrons. The Morgan fingerprint density at radius 2 is 1.92 bits per heavy atom. The zero-order valence-electron chi connectivity index (χ0n) is 21.8. The molecule has 9 nitrogen and oxygen atoms in total. The fourth-order valence-electron chi connectivity index (χ4n) is 3.70. The SMILES string of the molecule is CN/C(=C\C(N)=NC(=O)C1CC1)c1cncc(-c2cc(NC(=O)c3cc(C(C)(C)C)on3)ccc2C)c1. The van der Waals surface area contributed by atoms with E-state index in [2.05, 4.69) is 25.8 Å². The number of carbonyl (C=O) groups is 2. The zero-order valence-corrected chi connectivity index (χ0v) is 21.8. The van der Waals surface area contributed by atoms with Crippen LogP contribution in [-0.2, 0) is 10.2 Å². The van der Waals surface area contributed by atoms with Crippen molar-refractivity contribution in [1.82, 2.24) is 15.5 Å². The molecule has 2 aromatic heterocycles. The number of rotatable bonds is 7. The van der Waals surface area contributed by atoms with Crippen LogP contribution in [0.4, 0.5) is 5.69 Å². The number of pyridine rings is 1.